The first-order valence-electron chi connectivity index (χ1n) is 6.79. The molecule has 3 aromatic rings. The van der Waals surface area contributed by atoms with Crippen molar-refractivity contribution >= 4 is 60.7 Å². The summed E-state index contributed by atoms with van der Waals surface area (Å²) in [4.78, 5) is 15.6. The molecule has 3 rings (SSSR count). The third-order valence-corrected chi connectivity index (χ3v) is 4.98. The van der Waals surface area contributed by atoms with Gasteiger partial charge < -0.3 is 21.6 Å². The van der Waals surface area contributed by atoms with E-state index in [0.29, 0.717) is 11.4 Å². The lowest BCUT2D eigenvalue weighted by Crippen LogP contribution is -1.96. The molecule has 0 fully saturated rings. The third kappa shape index (κ3) is 4.97. The van der Waals surface area contributed by atoms with Gasteiger partial charge in [-0.2, -0.15) is 0 Å². The minimum atomic E-state index is -0.250. The number of nitrogens with one attached hydrogen (secondary N) is 1. The maximum absolute atomic E-state index is 8.36. The number of anilines is 2. The lowest BCUT2D eigenvalue weighted by Gasteiger charge is -2.04. The summed E-state index contributed by atoms with van der Waals surface area (Å²) >= 11 is 6.79. The maximum Gasteiger partial charge on any atom is 0.290 e. The summed E-state index contributed by atoms with van der Waals surface area (Å²) in [7, 11) is 0. The second kappa shape index (κ2) is 9.29. The number of nitrogens with two attached hydrogens (primary N) is 2. The van der Waals surface area contributed by atoms with Gasteiger partial charge in [0, 0.05) is 8.95 Å². The zero-order valence-electron chi connectivity index (χ0n) is 13.2. The topological polar surface area (TPSA) is 118 Å². The molecule has 0 atom stereocenters. The second-order valence-corrected chi connectivity index (χ2v) is 6.46. The van der Waals surface area contributed by atoms with Crippen molar-refractivity contribution in [3.8, 4) is 0 Å². The molecule has 0 aliphatic carbocycles. The molecule has 0 bridgehead atoms. The SMILES string of the molecule is Cc1c(Br)ccc(N)c1N.Cc1c(Br)ccc2[nH]cnc12.O=CO. The molecule has 8 heteroatoms. The van der Waals surface area contributed by atoms with Crippen LogP contribution in [0.3, 0.4) is 0 Å². The Morgan fingerprint density at radius 2 is 1.62 bits per heavy atom. The summed E-state index contributed by atoms with van der Waals surface area (Å²) in [6.45, 7) is 3.73. The van der Waals surface area contributed by atoms with Gasteiger partial charge in [0.15, 0.2) is 0 Å². The first-order valence-corrected chi connectivity index (χ1v) is 8.38. The Hall–Kier alpha value is -2.06. The molecule has 0 saturated heterocycles. The van der Waals surface area contributed by atoms with Gasteiger partial charge in [0.1, 0.15) is 0 Å². The summed E-state index contributed by atoms with van der Waals surface area (Å²) in [5, 5.41) is 6.89. The summed E-state index contributed by atoms with van der Waals surface area (Å²) in [5.41, 5.74) is 16.8. The summed E-state index contributed by atoms with van der Waals surface area (Å²) in [6.07, 6.45) is 1.71. The van der Waals surface area contributed by atoms with Gasteiger partial charge in [0.25, 0.3) is 6.47 Å². The van der Waals surface area contributed by atoms with Gasteiger partial charge in [-0.25, -0.2) is 4.98 Å². The van der Waals surface area contributed by atoms with Crippen LogP contribution in [0, 0.1) is 13.8 Å². The number of carboxylic acid groups (broad SMARTS) is 1. The van der Waals surface area contributed by atoms with E-state index in [1.165, 1.54) is 5.56 Å². The Labute approximate surface area is 156 Å². The average molecular weight is 458 g/mol. The Balaban J connectivity index is 0.000000208. The molecular weight excluding hydrogens is 440 g/mol. The zero-order valence-corrected chi connectivity index (χ0v) is 16.3. The Kier molecular flexibility index (Phi) is 7.73. The summed E-state index contributed by atoms with van der Waals surface area (Å²) < 4.78 is 2.11. The monoisotopic (exact) mass is 456 g/mol. The standard InChI is InChI=1S/C8H7BrN2.C7H9BrN2.CH2O2/c1-5-6(9)2-3-7-8(5)11-4-10-7;1-4-5(8)2-3-6(9)7(4)10;2-1-3/h2-4H,1H3,(H,10,11);2-3H,9-10H2,1H3;1H,(H,2,3). The van der Waals surface area contributed by atoms with Crippen LogP contribution in [-0.2, 0) is 4.79 Å². The van der Waals surface area contributed by atoms with Gasteiger partial charge in [0.2, 0.25) is 0 Å². The van der Waals surface area contributed by atoms with E-state index in [0.717, 1.165) is 25.5 Å². The molecule has 24 heavy (non-hydrogen) atoms. The lowest BCUT2D eigenvalue weighted by atomic mass is 10.2. The van der Waals surface area contributed by atoms with Crippen molar-refractivity contribution in [1.29, 1.82) is 0 Å². The fourth-order valence-corrected chi connectivity index (χ4v) is 2.51. The Bertz CT molecular complexity index is 807. The number of imidazole rings is 1. The molecule has 1 heterocycles. The van der Waals surface area contributed by atoms with Crippen LogP contribution in [0.1, 0.15) is 11.1 Å². The van der Waals surface area contributed by atoms with Crippen LogP contribution < -0.4 is 11.5 Å². The van der Waals surface area contributed by atoms with Crippen LogP contribution in [0.4, 0.5) is 11.4 Å². The molecule has 6 nitrogen and oxygen atoms in total. The van der Waals surface area contributed by atoms with Crippen molar-refractivity contribution in [1.82, 2.24) is 9.97 Å². The van der Waals surface area contributed by atoms with Crippen LogP contribution in [0.5, 0.6) is 0 Å². The number of benzene rings is 2. The van der Waals surface area contributed by atoms with E-state index in [9.17, 15) is 0 Å². The quantitative estimate of drug-likeness (QED) is 0.297. The number of aromatic nitrogens is 2. The highest BCUT2D eigenvalue weighted by atomic mass is 79.9. The zero-order chi connectivity index (χ0) is 18.3. The Morgan fingerprint density at radius 1 is 1.08 bits per heavy atom. The molecule has 0 aliphatic rings. The number of aryl methyl sites for hydroxylation is 1. The predicted molar refractivity (Wildman–Crippen MR) is 105 cm³/mol. The number of nitrogen functional groups attached to an aromatic ring is 2. The summed E-state index contributed by atoms with van der Waals surface area (Å²) in [5.74, 6) is 0. The highest BCUT2D eigenvalue weighted by molar-refractivity contribution is 9.10. The van der Waals surface area contributed by atoms with E-state index in [1.54, 1.807) is 12.4 Å². The predicted octanol–water partition coefficient (Wildman–Crippen LogP) is 4.26. The summed E-state index contributed by atoms with van der Waals surface area (Å²) in [6, 6.07) is 7.71. The van der Waals surface area contributed by atoms with Crippen molar-refractivity contribution in [2.24, 2.45) is 0 Å². The molecule has 0 saturated carbocycles. The van der Waals surface area contributed by atoms with Crippen LogP contribution in [0.2, 0.25) is 0 Å². The number of nitrogens with zero attached hydrogens (tertiary/aromatic N) is 1. The van der Waals surface area contributed by atoms with E-state index in [-0.39, 0.29) is 6.47 Å². The number of fused-ring (bicyclic) bond motifs is 1. The number of hydrogen-bond donors (Lipinski definition) is 4. The molecule has 2 aromatic carbocycles. The van der Waals surface area contributed by atoms with Crippen molar-refractivity contribution in [3.63, 3.8) is 0 Å². The first-order chi connectivity index (χ1) is 11.3. The van der Waals surface area contributed by atoms with E-state index >= 15 is 0 Å². The fourth-order valence-electron chi connectivity index (χ4n) is 1.85. The maximum atomic E-state index is 8.36. The normalized spacial score (nSPS) is 9.50. The van der Waals surface area contributed by atoms with Gasteiger partial charge in [-0.3, -0.25) is 4.79 Å². The van der Waals surface area contributed by atoms with Crippen LogP contribution in [0.15, 0.2) is 39.5 Å². The molecule has 6 N–H and O–H groups in total. The number of rotatable bonds is 0. The molecule has 0 unspecified atom stereocenters. The molecule has 1 aromatic heterocycles. The van der Waals surface area contributed by atoms with Crippen LogP contribution in [0.25, 0.3) is 11.0 Å². The molecule has 0 radical (unpaired) electrons. The minimum absolute atomic E-state index is 0.250. The first kappa shape index (κ1) is 20.0. The average Bonchev–Trinajstić information content (AvgIpc) is 3.03. The van der Waals surface area contributed by atoms with Crippen molar-refractivity contribution in [2.75, 3.05) is 11.5 Å². The second-order valence-electron chi connectivity index (χ2n) is 4.75. The van der Waals surface area contributed by atoms with Gasteiger partial charge in [0.05, 0.1) is 28.7 Å². The lowest BCUT2D eigenvalue weighted by molar-refractivity contribution is -0.122. The molecule has 128 valence electrons. The van der Waals surface area contributed by atoms with E-state index in [4.69, 9.17) is 21.4 Å². The largest absolute Gasteiger partial charge is 0.483 e. The fraction of sp³-hybridized carbons (Fsp3) is 0.125. The van der Waals surface area contributed by atoms with Crippen LogP contribution in [-0.4, -0.2) is 21.5 Å². The number of H-pyrrole nitrogens is 1. The minimum Gasteiger partial charge on any atom is -0.483 e. The highest BCUT2D eigenvalue weighted by Crippen LogP contribution is 2.26. The van der Waals surface area contributed by atoms with Crippen molar-refractivity contribution < 1.29 is 9.90 Å². The van der Waals surface area contributed by atoms with E-state index < -0.39 is 0 Å². The number of hydrogen-bond acceptors (Lipinski definition) is 4. The van der Waals surface area contributed by atoms with Gasteiger partial charge in [-0.15, -0.1) is 0 Å². The van der Waals surface area contributed by atoms with E-state index in [1.807, 2.05) is 32.0 Å². The Morgan fingerprint density at radius 3 is 2.21 bits per heavy atom. The number of halogens is 2. The van der Waals surface area contributed by atoms with Crippen molar-refractivity contribution in [2.45, 2.75) is 13.8 Å². The number of aromatic amines is 1. The van der Waals surface area contributed by atoms with Gasteiger partial charge in [-0.1, -0.05) is 31.9 Å². The van der Waals surface area contributed by atoms with Crippen molar-refractivity contribution in [3.05, 3.63) is 50.7 Å². The van der Waals surface area contributed by atoms with Crippen LogP contribution >= 0.6 is 31.9 Å². The number of carbonyl (C=O) groups is 1. The van der Waals surface area contributed by atoms with Gasteiger partial charge in [-0.05, 0) is 49.2 Å². The highest BCUT2D eigenvalue weighted by Gasteiger charge is 2.02. The molecule has 0 aliphatic heterocycles. The third-order valence-electron chi connectivity index (χ3n) is 3.26. The molecular formula is C16H18Br2N4O2. The molecule has 0 spiro atoms. The smallest absolute Gasteiger partial charge is 0.290 e. The van der Waals surface area contributed by atoms with E-state index in [2.05, 4.69) is 41.8 Å². The molecule has 0 amide bonds. The van der Waals surface area contributed by atoms with Gasteiger partial charge >= 0.3 is 0 Å².